The van der Waals surface area contributed by atoms with Crippen LogP contribution in [0.4, 0.5) is 0 Å². The maximum absolute atomic E-state index is 10.6. The van der Waals surface area contributed by atoms with Gasteiger partial charge in [0.15, 0.2) is 0 Å². The molecule has 0 unspecified atom stereocenters. The van der Waals surface area contributed by atoms with Crippen molar-refractivity contribution in [3.63, 3.8) is 0 Å². The lowest BCUT2D eigenvalue weighted by Gasteiger charge is -2.24. The Bertz CT molecular complexity index is 205. The van der Waals surface area contributed by atoms with E-state index in [2.05, 4.69) is 0 Å². The molecule has 0 aliphatic carbocycles. The monoisotopic (exact) mass is 258 g/mol. The zero-order valence-corrected chi connectivity index (χ0v) is 11.2. The molecule has 0 bridgehead atoms. The van der Waals surface area contributed by atoms with E-state index in [1.165, 1.54) is 21.3 Å². The van der Waals surface area contributed by atoms with Gasteiger partial charge in [-0.3, -0.25) is 4.57 Å². The molecule has 0 atom stereocenters. The van der Waals surface area contributed by atoms with Gasteiger partial charge in [0, 0.05) is 33.5 Å². The maximum Gasteiger partial charge on any atom is 0.500 e. The Morgan fingerprint density at radius 2 is 1.53 bits per heavy atom. The summed E-state index contributed by atoms with van der Waals surface area (Å²) in [5, 5.41) is 0. The summed E-state index contributed by atoms with van der Waals surface area (Å²) in [4.78, 5) is 17.3. The van der Waals surface area contributed by atoms with Crippen molar-refractivity contribution in [3.05, 3.63) is 0 Å². The Morgan fingerprint density at radius 3 is 1.87 bits per heavy atom. The van der Waals surface area contributed by atoms with E-state index in [1.807, 2.05) is 0 Å². The normalized spacial score (nSPS) is 13.1. The summed E-state index contributed by atoms with van der Waals surface area (Å²) in [5.74, 6) is 0. The van der Waals surface area contributed by atoms with Gasteiger partial charge >= 0.3 is 16.4 Å². The highest BCUT2D eigenvalue weighted by Gasteiger charge is 2.36. The molecule has 0 heterocycles. The van der Waals surface area contributed by atoms with Gasteiger partial charge in [-0.05, 0) is 12.8 Å². The number of hydrogen-bond donors (Lipinski definition) is 2. The zero-order chi connectivity index (χ0) is 11.9. The first-order valence-electron chi connectivity index (χ1n) is 4.59. The fraction of sp³-hybridized carbons (Fsp3) is 1.00. The summed E-state index contributed by atoms with van der Waals surface area (Å²) in [7, 11) is -1.90. The minimum absolute atomic E-state index is 0.103. The highest BCUT2D eigenvalue weighted by molar-refractivity contribution is 7.51. The van der Waals surface area contributed by atoms with Crippen molar-refractivity contribution in [2.24, 2.45) is 0 Å². The fourth-order valence-electron chi connectivity index (χ4n) is 1.22. The van der Waals surface area contributed by atoms with E-state index < -0.39 is 16.4 Å². The first-order chi connectivity index (χ1) is 6.89. The lowest BCUT2D eigenvalue weighted by molar-refractivity contribution is 0.123. The van der Waals surface area contributed by atoms with E-state index in [1.54, 1.807) is 0 Å². The second-order valence-corrected chi connectivity index (χ2v) is 8.01. The second kappa shape index (κ2) is 6.75. The van der Waals surface area contributed by atoms with Gasteiger partial charge in [0.1, 0.15) is 0 Å². The summed E-state index contributed by atoms with van der Waals surface area (Å²) in [5.41, 5.74) is 0. The standard InChI is InChI=1S/C7H19O6PSi/c1-11-15(12-2,13-3)7-5-4-6-14(8,9)10/h4-7H2,1-3H3,(H2,8,9,10). The van der Waals surface area contributed by atoms with Crippen molar-refractivity contribution in [2.45, 2.75) is 18.9 Å². The maximum atomic E-state index is 10.6. The van der Waals surface area contributed by atoms with Crippen LogP contribution in [-0.4, -0.2) is 46.1 Å². The van der Waals surface area contributed by atoms with Gasteiger partial charge in [0.2, 0.25) is 0 Å². The van der Waals surface area contributed by atoms with Crippen LogP contribution in [0.25, 0.3) is 0 Å². The average Bonchev–Trinajstić information content (AvgIpc) is 2.18. The smallest absolute Gasteiger partial charge is 0.377 e. The zero-order valence-electron chi connectivity index (χ0n) is 9.30. The topological polar surface area (TPSA) is 85.2 Å². The van der Waals surface area contributed by atoms with Crippen molar-refractivity contribution in [1.29, 1.82) is 0 Å². The van der Waals surface area contributed by atoms with Crippen molar-refractivity contribution in [2.75, 3.05) is 27.5 Å². The molecule has 8 heteroatoms. The fourth-order valence-corrected chi connectivity index (χ4v) is 3.65. The quantitative estimate of drug-likeness (QED) is 0.381. The van der Waals surface area contributed by atoms with Gasteiger partial charge < -0.3 is 23.1 Å². The van der Waals surface area contributed by atoms with E-state index in [4.69, 9.17) is 23.1 Å². The molecule has 92 valence electrons. The Kier molecular flexibility index (Phi) is 6.86. The van der Waals surface area contributed by atoms with Gasteiger partial charge in [0.05, 0.1) is 0 Å². The molecule has 0 aliphatic rings. The van der Waals surface area contributed by atoms with E-state index in [0.29, 0.717) is 18.9 Å². The van der Waals surface area contributed by atoms with Gasteiger partial charge in [-0.25, -0.2) is 0 Å². The van der Waals surface area contributed by atoms with Gasteiger partial charge in [-0.15, -0.1) is 0 Å². The molecule has 0 amide bonds. The van der Waals surface area contributed by atoms with Gasteiger partial charge in [-0.1, -0.05) is 0 Å². The minimum Gasteiger partial charge on any atom is -0.377 e. The van der Waals surface area contributed by atoms with Crippen LogP contribution in [0.1, 0.15) is 12.8 Å². The van der Waals surface area contributed by atoms with Crippen LogP contribution in [0.5, 0.6) is 0 Å². The Balaban J connectivity index is 3.87. The van der Waals surface area contributed by atoms with Crippen LogP contribution in [0.15, 0.2) is 0 Å². The van der Waals surface area contributed by atoms with Crippen molar-refractivity contribution in [3.8, 4) is 0 Å². The number of rotatable bonds is 8. The molecule has 0 radical (unpaired) electrons. The summed E-state index contributed by atoms with van der Waals surface area (Å²) >= 11 is 0. The third-order valence-electron chi connectivity index (χ3n) is 2.12. The summed E-state index contributed by atoms with van der Waals surface area (Å²) in [6, 6.07) is 0.566. The van der Waals surface area contributed by atoms with E-state index in [0.717, 1.165) is 0 Å². The van der Waals surface area contributed by atoms with Gasteiger partial charge in [-0.2, -0.15) is 0 Å². The molecule has 2 N–H and O–H groups in total. The molecule has 0 saturated heterocycles. The third kappa shape index (κ3) is 6.42. The van der Waals surface area contributed by atoms with Crippen LogP contribution in [0.2, 0.25) is 6.04 Å². The van der Waals surface area contributed by atoms with E-state index in [9.17, 15) is 4.57 Å². The third-order valence-corrected chi connectivity index (χ3v) is 5.85. The van der Waals surface area contributed by atoms with Crippen molar-refractivity contribution >= 4 is 16.4 Å². The molecule has 0 rings (SSSR count). The van der Waals surface area contributed by atoms with E-state index >= 15 is 0 Å². The predicted octanol–water partition coefficient (Wildman–Crippen LogP) is 0.822. The first kappa shape index (κ1) is 15.2. The van der Waals surface area contributed by atoms with Gasteiger partial charge in [0.25, 0.3) is 0 Å². The largest absolute Gasteiger partial charge is 0.500 e. The molecule has 0 aromatic carbocycles. The van der Waals surface area contributed by atoms with Crippen LogP contribution in [0, 0.1) is 0 Å². The molecule has 0 aliphatic heterocycles. The Morgan fingerprint density at radius 1 is 1.07 bits per heavy atom. The second-order valence-electron chi connectivity index (χ2n) is 3.14. The summed E-state index contributed by atoms with van der Waals surface area (Å²) in [6.45, 7) is 0. The molecular weight excluding hydrogens is 239 g/mol. The minimum atomic E-state index is -3.88. The predicted molar refractivity (Wildman–Crippen MR) is 57.7 cm³/mol. The Labute approximate surface area is 91.1 Å². The SMILES string of the molecule is CO[Si](CCCCP(=O)(O)O)(OC)OC. The lowest BCUT2D eigenvalue weighted by atomic mass is 10.4. The number of unbranched alkanes of at least 4 members (excludes halogenated alkanes) is 1. The average molecular weight is 258 g/mol. The van der Waals surface area contributed by atoms with Crippen LogP contribution >= 0.6 is 7.60 Å². The van der Waals surface area contributed by atoms with Crippen LogP contribution in [-0.2, 0) is 17.8 Å². The molecule has 0 aromatic heterocycles. The van der Waals surface area contributed by atoms with Crippen molar-refractivity contribution < 1.29 is 27.6 Å². The van der Waals surface area contributed by atoms with Crippen LogP contribution in [0.3, 0.4) is 0 Å². The first-order valence-corrected chi connectivity index (χ1v) is 8.32. The summed E-state index contributed by atoms with van der Waals surface area (Å²) < 4.78 is 26.1. The molecular formula is C7H19O6PSi. The molecule has 0 spiro atoms. The van der Waals surface area contributed by atoms with E-state index in [-0.39, 0.29) is 6.16 Å². The molecule has 6 nitrogen and oxygen atoms in total. The number of hydrogen-bond acceptors (Lipinski definition) is 4. The highest BCUT2D eigenvalue weighted by Crippen LogP contribution is 2.35. The van der Waals surface area contributed by atoms with Crippen molar-refractivity contribution in [1.82, 2.24) is 0 Å². The highest BCUT2D eigenvalue weighted by atomic mass is 31.2. The molecule has 15 heavy (non-hydrogen) atoms. The lowest BCUT2D eigenvalue weighted by Crippen LogP contribution is -2.42. The molecule has 0 saturated carbocycles. The molecule has 0 fully saturated rings. The van der Waals surface area contributed by atoms with Crippen LogP contribution < -0.4 is 0 Å². The summed E-state index contributed by atoms with van der Waals surface area (Å²) in [6.07, 6.45) is 0.955. The Hall–Kier alpha value is 0.247. The molecule has 0 aromatic rings.